The lowest BCUT2D eigenvalue weighted by Crippen LogP contribution is -2.27. The SMILES string of the molecule is CN(C)C(=O)COc1cccc(C(=O)C=Cc2ccc([N+](=O)[O-])cc2)c1. The molecule has 0 saturated heterocycles. The van der Waals surface area contributed by atoms with E-state index in [1.807, 2.05) is 0 Å². The average Bonchev–Trinajstić information content (AvgIpc) is 2.64. The van der Waals surface area contributed by atoms with Gasteiger partial charge in [0.1, 0.15) is 5.75 Å². The fourth-order valence-electron chi connectivity index (χ4n) is 1.99. The fraction of sp³-hybridized carbons (Fsp3) is 0.158. The molecular formula is C19H18N2O5. The Hall–Kier alpha value is -3.48. The third-order valence-corrected chi connectivity index (χ3v) is 3.51. The van der Waals surface area contributed by atoms with Crippen LogP contribution in [0.5, 0.6) is 5.75 Å². The number of likely N-dealkylation sites (N-methyl/N-ethyl adjacent to an activating group) is 1. The number of benzene rings is 2. The van der Waals surface area contributed by atoms with Gasteiger partial charge < -0.3 is 9.64 Å². The first-order valence-electron chi connectivity index (χ1n) is 7.76. The van der Waals surface area contributed by atoms with Gasteiger partial charge >= 0.3 is 0 Å². The van der Waals surface area contributed by atoms with E-state index < -0.39 is 4.92 Å². The van der Waals surface area contributed by atoms with Crippen molar-refractivity contribution in [2.45, 2.75) is 0 Å². The highest BCUT2D eigenvalue weighted by atomic mass is 16.6. The molecule has 0 saturated carbocycles. The van der Waals surface area contributed by atoms with Crippen molar-refractivity contribution in [2.75, 3.05) is 20.7 Å². The number of carbonyl (C=O) groups is 2. The zero-order valence-electron chi connectivity index (χ0n) is 14.4. The highest BCUT2D eigenvalue weighted by Crippen LogP contribution is 2.16. The Balaban J connectivity index is 2.03. The molecule has 1 amide bonds. The van der Waals surface area contributed by atoms with Crippen LogP contribution in [0.15, 0.2) is 54.6 Å². The van der Waals surface area contributed by atoms with Gasteiger partial charge in [0.05, 0.1) is 4.92 Å². The molecule has 7 nitrogen and oxygen atoms in total. The summed E-state index contributed by atoms with van der Waals surface area (Å²) >= 11 is 0. The molecule has 0 aliphatic carbocycles. The van der Waals surface area contributed by atoms with Crippen LogP contribution < -0.4 is 4.74 Å². The number of nitro benzene ring substituents is 1. The van der Waals surface area contributed by atoms with E-state index in [4.69, 9.17) is 4.74 Å². The molecule has 0 aromatic heterocycles. The number of non-ortho nitro benzene ring substituents is 1. The third kappa shape index (κ3) is 5.27. The summed E-state index contributed by atoms with van der Waals surface area (Å²) in [5.41, 5.74) is 1.08. The van der Waals surface area contributed by atoms with Gasteiger partial charge in [0.2, 0.25) is 0 Å². The Morgan fingerprint density at radius 2 is 1.85 bits per heavy atom. The van der Waals surface area contributed by atoms with Crippen LogP contribution in [0.2, 0.25) is 0 Å². The quantitative estimate of drug-likeness (QED) is 0.330. The topological polar surface area (TPSA) is 89.8 Å². The summed E-state index contributed by atoms with van der Waals surface area (Å²) in [6, 6.07) is 12.4. The molecule has 0 atom stereocenters. The molecule has 2 aromatic rings. The van der Waals surface area contributed by atoms with Crippen molar-refractivity contribution < 1.29 is 19.2 Å². The van der Waals surface area contributed by atoms with Gasteiger partial charge in [0.25, 0.3) is 11.6 Å². The molecule has 26 heavy (non-hydrogen) atoms. The summed E-state index contributed by atoms with van der Waals surface area (Å²) < 4.78 is 5.39. The summed E-state index contributed by atoms with van der Waals surface area (Å²) in [7, 11) is 3.27. The van der Waals surface area contributed by atoms with Gasteiger partial charge in [-0.3, -0.25) is 19.7 Å². The van der Waals surface area contributed by atoms with Crippen molar-refractivity contribution in [1.29, 1.82) is 0 Å². The Morgan fingerprint density at radius 3 is 2.46 bits per heavy atom. The fourth-order valence-corrected chi connectivity index (χ4v) is 1.99. The van der Waals surface area contributed by atoms with Crippen LogP contribution in [0.3, 0.4) is 0 Å². The van der Waals surface area contributed by atoms with Crippen LogP contribution in [0, 0.1) is 10.1 Å². The number of amides is 1. The van der Waals surface area contributed by atoms with E-state index >= 15 is 0 Å². The number of allylic oxidation sites excluding steroid dienone is 1. The number of hydrogen-bond acceptors (Lipinski definition) is 5. The molecule has 0 heterocycles. The molecule has 0 aliphatic rings. The summed E-state index contributed by atoms with van der Waals surface area (Å²) in [6.45, 7) is -0.108. The van der Waals surface area contributed by atoms with Crippen molar-refractivity contribution >= 4 is 23.5 Å². The van der Waals surface area contributed by atoms with Gasteiger partial charge in [0, 0.05) is 31.8 Å². The van der Waals surface area contributed by atoms with E-state index in [0.717, 1.165) is 0 Å². The number of ketones is 1. The summed E-state index contributed by atoms with van der Waals surface area (Å²) in [5.74, 6) is 0.00215. The summed E-state index contributed by atoms with van der Waals surface area (Å²) in [5, 5.41) is 10.6. The van der Waals surface area contributed by atoms with Crippen LogP contribution in [0.25, 0.3) is 6.08 Å². The normalized spacial score (nSPS) is 10.5. The first-order chi connectivity index (χ1) is 12.4. The average molecular weight is 354 g/mol. The van der Waals surface area contributed by atoms with Crippen LogP contribution in [-0.2, 0) is 4.79 Å². The van der Waals surface area contributed by atoms with Gasteiger partial charge in [-0.25, -0.2) is 0 Å². The molecule has 0 N–H and O–H groups in total. The lowest BCUT2D eigenvalue weighted by molar-refractivity contribution is -0.384. The Labute approximate surface area is 150 Å². The number of carbonyl (C=O) groups excluding carboxylic acids is 2. The number of nitrogens with zero attached hydrogens (tertiary/aromatic N) is 2. The van der Waals surface area contributed by atoms with Crippen molar-refractivity contribution in [3.05, 3.63) is 75.8 Å². The molecule has 7 heteroatoms. The molecule has 0 spiro atoms. The molecule has 2 rings (SSSR count). The third-order valence-electron chi connectivity index (χ3n) is 3.51. The van der Waals surface area contributed by atoms with Crippen molar-refractivity contribution in [1.82, 2.24) is 4.90 Å². The number of hydrogen-bond donors (Lipinski definition) is 0. The Kier molecular flexibility index (Phi) is 6.21. The maximum atomic E-state index is 12.3. The molecule has 0 fully saturated rings. The minimum Gasteiger partial charge on any atom is -0.484 e. The lowest BCUT2D eigenvalue weighted by Gasteiger charge is -2.11. The molecule has 0 aliphatic heterocycles. The maximum Gasteiger partial charge on any atom is 0.269 e. The smallest absolute Gasteiger partial charge is 0.269 e. The number of rotatable bonds is 7. The van der Waals surface area contributed by atoms with Gasteiger partial charge in [-0.15, -0.1) is 0 Å². The molecule has 2 aromatic carbocycles. The van der Waals surface area contributed by atoms with E-state index in [1.165, 1.54) is 23.1 Å². The van der Waals surface area contributed by atoms with E-state index in [1.54, 1.807) is 56.6 Å². The van der Waals surface area contributed by atoms with Gasteiger partial charge in [-0.2, -0.15) is 0 Å². The van der Waals surface area contributed by atoms with Crippen LogP contribution in [0.4, 0.5) is 5.69 Å². The monoisotopic (exact) mass is 354 g/mol. The van der Waals surface area contributed by atoms with E-state index in [9.17, 15) is 19.7 Å². The zero-order valence-corrected chi connectivity index (χ0v) is 14.4. The van der Waals surface area contributed by atoms with Crippen molar-refractivity contribution in [3.8, 4) is 5.75 Å². The summed E-state index contributed by atoms with van der Waals surface area (Å²) in [4.78, 5) is 35.4. The first kappa shape index (κ1) is 18.9. The van der Waals surface area contributed by atoms with Gasteiger partial charge in [0.15, 0.2) is 12.4 Å². The summed E-state index contributed by atoms with van der Waals surface area (Å²) in [6.07, 6.45) is 2.96. The Bertz CT molecular complexity index is 841. The van der Waals surface area contributed by atoms with Crippen LogP contribution >= 0.6 is 0 Å². The second kappa shape index (κ2) is 8.57. The second-order valence-corrected chi connectivity index (χ2v) is 5.65. The predicted octanol–water partition coefficient (Wildman–Crippen LogP) is 2.96. The largest absolute Gasteiger partial charge is 0.484 e. The molecule has 0 radical (unpaired) electrons. The number of nitro groups is 1. The minimum absolute atomic E-state index is 0.00871. The molecule has 134 valence electrons. The standard InChI is InChI=1S/C19H18N2O5/c1-20(2)19(23)13-26-17-5-3-4-15(12-17)18(22)11-8-14-6-9-16(10-7-14)21(24)25/h3-12H,13H2,1-2H3. The minimum atomic E-state index is -0.481. The van der Waals surface area contributed by atoms with Crippen molar-refractivity contribution in [2.24, 2.45) is 0 Å². The zero-order chi connectivity index (χ0) is 19.1. The van der Waals surface area contributed by atoms with Crippen LogP contribution in [-0.4, -0.2) is 42.2 Å². The van der Waals surface area contributed by atoms with E-state index in [2.05, 4.69) is 0 Å². The highest BCUT2D eigenvalue weighted by molar-refractivity contribution is 6.07. The Morgan fingerprint density at radius 1 is 1.15 bits per heavy atom. The highest BCUT2D eigenvalue weighted by Gasteiger charge is 2.08. The number of ether oxygens (including phenoxy) is 1. The van der Waals surface area contributed by atoms with Gasteiger partial charge in [-0.1, -0.05) is 18.2 Å². The molecule has 0 unspecified atom stereocenters. The van der Waals surface area contributed by atoms with Gasteiger partial charge in [-0.05, 0) is 35.9 Å². The second-order valence-electron chi connectivity index (χ2n) is 5.65. The predicted molar refractivity (Wildman–Crippen MR) is 97.1 cm³/mol. The molecular weight excluding hydrogens is 336 g/mol. The van der Waals surface area contributed by atoms with E-state index in [0.29, 0.717) is 16.9 Å². The lowest BCUT2D eigenvalue weighted by atomic mass is 10.1. The van der Waals surface area contributed by atoms with Crippen LogP contribution in [0.1, 0.15) is 15.9 Å². The molecule has 0 bridgehead atoms. The maximum absolute atomic E-state index is 12.3. The first-order valence-corrected chi connectivity index (χ1v) is 7.76. The van der Waals surface area contributed by atoms with Crippen molar-refractivity contribution in [3.63, 3.8) is 0 Å². The van der Waals surface area contributed by atoms with E-state index in [-0.39, 0.29) is 24.0 Å².